The predicted octanol–water partition coefficient (Wildman–Crippen LogP) is 2.56. The first-order chi connectivity index (χ1) is 9.84. The topological polar surface area (TPSA) is 72.9 Å². The average Bonchev–Trinajstić information content (AvgIpc) is 2.83. The lowest BCUT2D eigenvalue weighted by molar-refractivity contribution is -0.120. The van der Waals surface area contributed by atoms with Crippen LogP contribution in [0.5, 0.6) is 0 Å². The number of anilines is 1. The molecule has 2 rings (SSSR count). The molecule has 2 aromatic rings. The van der Waals surface area contributed by atoms with Crippen molar-refractivity contribution in [3.05, 3.63) is 46.7 Å². The highest BCUT2D eigenvalue weighted by atomic mass is 79.9. The molecule has 0 fully saturated rings. The lowest BCUT2D eigenvalue weighted by Gasteiger charge is -2.17. The molecule has 5 nitrogen and oxygen atoms in total. The summed E-state index contributed by atoms with van der Waals surface area (Å²) in [6.45, 7) is 4.17. The van der Waals surface area contributed by atoms with E-state index < -0.39 is 5.54 Å². The van der Waals surface area contributed by atoms with Gasteiger partial charge in [-0.05, 0) is 53.9 Å². The van der Waals surface area contributed by atoms with E-state index >= 15 is 0 Å². The molecule has 1 amide bonds. The summed E-state index contributed by atoms with van der Waals surface area (Å²) in [5.74, 6) is -0.198. The molecule has 21 heavy (non-hydrogen) atoms. The Bertz CT molecular complexity index is 613. The van der Waals surface area contributed by atoms with Crippen LogP contribution in [0, 0.1) is 0 Å². The van der Waals surface area contributed by atoms with Gasteiger partial charge in [0.15, 0.2) is 0 Å². The number of hydrogen-bond acceptors (Lipinski definition) is 3. The highest BCUT2D eigenvalue weighted by Crippen LogP contribution is 2.13. The normalized spacial score (nSPS) is 11.4. The van der Waals surface area contributed by atoms with Crippen LogP contribution in [0.3, 0.4) is 0 Å². The maximum Gasteiger partial charge on any atom is 0.243 e. The van der Waals surface area contributed by atoms with Crippen molar-refractivity contribution >= 4 is 27.5 Å². The Morgan fingerprint density at radius 3 is 2.57 bits per heavy atom. The molecule has 0 aliphatic carbocycles. The van der Waals surface area contributed by atoms with Crippen molar-refractivity contribution < 1.29 is 4.79 Å². The predicted molar refractivity (Wildman–Crippen MR) is 87.0 cm³/mol. The Balaban J connectivity index is 1.91. The first-order valence-corrected chi connectivity index (χ1v) is 7.51. The number of benzene rings is 1. The molecular weight excluding hydrogens is 332 g/mol. The number of nitrogens with zero attached hydrogens (tertiary/aromatic N) is 2. The lowest BCUT2D eigenvalue weighted by Crippen LogP contribution is -2.45. The number of carbonyl (C=O) groups excluding carboxylic acids is 1. The molecular formula is C15H19BrN4O. The minimum atomic E-state index is -0.883. The highest BCUT2D eigenvalue weighted by molar-refractivity contribution is 9.10. The van der Waals surface area contributed by atoms with Gasteiger partial charge in [0.1, 0.15) is 0 Å². The lowest BCUT2D eigenvalue weighted by atomic mass is 10.1. The molecule has 0 aliphatic heterocycles. The summed E-state index contributed by atoms with van der Waals surface area (Å²) in [6, 6.07) is 7.77. The van der Waals surface area contributed by atoms with E-state index in [4.69, 9.17) is 5.73 Å². The first-order valence-electron chi connectivity index (χ1n) is 6.72. The summed E-state index contributed by atoms with van der Waals surface area (Å²) in [5, 5.41) is 7.01. The zero-order valence-electron chi connectivity index (χ0n) is 12.1. The van der Waals surface area contributed by atoms with Crippen molar-refractivity contribution in [2.45, 2.75) is 32.4 Å². The molecule has 1 aromatic heterocycles. The van der Waals surface area contributed by atoms with Crippen molar-refractivity contribution in [2.75, 3.05) is 5.32 Å². The van der Waals surface area contributed by atoms with E-state index in [0.29, 0.717) is 0 Å². The number of aromatic nitrogens is 2. The van der Waals surface area contributed by atoms with Gasteiger partial charge in [0.25, 0.3) is 0 Å². The van der Waals surface area contributed by atoms with Crippen LogP contribution in [-0.4, -0.2) is 21.2 Å². The Morgan fingerprint density at radius 2 is 2.05 bits per heavy atom. The highest BCUT2D eigenvalue weighted by Gasteiger charge is 2.21. The molecule has 0 unspecified atom stereocenters. The molecule has 1 heterocycles. The summed E-state index contributed by atoms with van der Waals surface area (Å²) in [4.78, 5) is 11.8. The van der Waals surface area contributed by atoms with E-state index in [1.54, 1.807) is 20.0 Å². The van der Waals surface area contributed by atoms with Crippen molar-refractivity contribution in [2.24, 2.45) is 5.73 Å². The number of amides is 1. The van der Waals surface area contributed by atoms with Crippen LogP contribution in [0.25, 0.3) is 0 Å². The van der Waals surface area contributed by atoms with Crippen LogP contribution in [0.4, 0.5) is 5.69 Å². The third kappa shape index (κ3) is 4.68. The third-order valence-electron chi connectivity index (χ3n) is 3.03. The molecule has 0 saturated carbocycles. The van der Waals surface area contributed by atoms with Gasteiger partial charge in [0, 0.05) is 18.4 Å². The van der Waals surface area contributed by atoms with E-state index in [1.165, 1.54) is 5.56 Å². The molecule has 0 radical (unpaired) electrons. The zero-order chi connectivity index (χ0) is 15.5. The fraction of sp³-hybridized carbons (Fsp3) is 0.333. The minimum Gasteiger partial charge on any atom is -0.325 e. The van der Waals surface area contributed by atoms with E-state index in [0.717, 1.165) is 23.1 Å². The van der Waals surface area contributed by atoms with Gasteiger partial charge in [-0.3, -0.25) is 9.48 Å². The van der Waals surface area contributed by atoms with Crippen LogP contribution >= 0.6 is 15.9 Å². The van der Waals surface area contributed by atoms with Gasteiger partial charge in [-0.1, -0.05) is 12.1 Å². The first kappa shape index (κ1) is 15.7. The number of rotatable bonds is 5. The van der Waals surface area contributed by atoms with E-state index in [1.807, 2.05) is 35.1 Å². The SMILES string of the molecule is CC(C)(N)C(=O)Nc1ccc(CCn2cc(Br)cn2)cc1. The monoisotopic (exact) mass is 350 g/mol. The Hall–Kier alpha value is -1.66. The second-order valence-corrected chi connectivity index (χ2v) is 6.46. The van der Waals surface area contributed by atoms with Crippen LogP contribution in [0.15, 0.2) is 41.1 Å². The van der Waals surface area contributed by atoms with Crippen LogP contribution in [0.1, 0.15) is 19.4 Å². The summed E-state index contributed by atoms with van der Waals surface area (Å²) >= 11 is 3.37. The number of carbonyl (C=O) groups is 1. The Morgan fingerprint density at radius 1 is 1.38 bits per heavy atom. The zero-order valence-corrected chi connectivity index (χ0v) is 13.7. The van der Waals surface area contributed by atoms with Crippen LogP contribution < -0.4 is 11.1 Å². The second kappa shape index (κ2) is 6.41. The molecule has 3 N–H and O–H groups in total. The number of nitrogens with one attached hydrogen (secondary N) is 1. The fourth-order valence-corrected chi connectivity index (χ4v) is 2.08. The van der Waals surface area contributed by atoms with Crippen molar-refractivity contribution in [3.8, 4) is 0 Å². The third-order valence-corrected chi connectivity index (χ3v) is 3.44. The van der Waals surface area contributed by atoms with Crippen LogP contribution in [0.2, 0.25) is 0 Å². The molecule has 1 aromatic carbocycles. The van der Waals surface area contributed by atoms with Crippen molar-refractivity contribution in [1.82, 2.24) is 9.78 Å². The van der Waals surface area contributed by atoms with Crippen molar-refractivity contribution in [3.63, 3.8) is 0 Å². The maximum atomic E-state index is 11.8. The van der Waals surface area contributed by atoms with Crippen LogP contribution in [-0.2, 0) is 17.8 Å². The van der Waals surface area contributed by atoms with E-state index in [9.17, 15) is 4.79 Å². The molecule has 0 saturated heterocycles. The smallest absolute Gasteiger partial charge is 0.243 e. The molecule has 0 bridgehead atoms. The molecule has 112 valence electrons. The summed E-state index contributed by atoms with van der Waals surface area (Å²) in [6.07, 6.45) is 4.59. The van der Waals surface area contributed by atoms with Gasteiger partial charge in [-0.2, -0.15) is 5.10 Å². The maximum absolute atomic E-state index is 11.8. The molecule has 0 spiro atoms. The average molecular weight is 351 g/mol. The number of hydrogen-bond donors (Lipinski definition) is 2. The van der Waals surface area contributed by atoms with Gasteiger partial charge in [-0.25, -0.2) is 0 Å². The van der Waals surface area contributed by atoms with E-state index in [2.05, 4.69) is 26.3 Å². The van der Waals surface area contributed by atoms with Gasteiger partial charge in [0.05, 0.1) is 16.2 Å². The summed E-state index contributed by atoms with van der Waals surface area (Å²) < 4.78 is 2.86. The van der Waals surface area contributed by atoms with Crippen molar-refractivity contribution in [1.29, 1.82) is 0 Å². The van der Waals surface area contributed by atoms with Gasteiger partial charge in [0.2, 0.25) is 5.91 Å². The Labute approximate surface area is 132 Å². The van der Waals surface area contributed by atoms with E-state index in [-0.39, 0.29) is 5.91 Å². The quantitative estimate of drug-likeness (QED) is 0.870. The Kier molecular flexibility index (Phi) is 4.80. The second-order valence-electron chi connectivity index (χ2n) is 5.54. The molecule has 6 heteroatoms. The van der Waals surface area contributed by atoms with Gasteiger partial charge < -0.3 is 11.1 Å². The summed E-state index contributed by atoms with van der Waals surface area (Å²) in [7, 11) is 0. The number of halogens is 1. The molecule has 0 atom stereocenters. The molecule has 0 aliphatic rings. The fourth-order valence-electron chi connectivity index (χ4n) is 1.75. The number of aryl methyl sites for hydroxylation is 2. The van der Waals surface area contributed by atoms with Gasteiger partial charge in [-0.15, -0.1) is 0 Å². The minimum absolute atomic E-state index is 0.198. The standard InChI is InChI=1S/C15H19BrN4O/c1-15(2,17)14(21)19-13-5-3-11(4-6-13)7-8-20-10-12(16)9-18-20/h3-6,9-10H,7-8,17H2,1-2H3,(H,19,21). The van der Waals surface area contributed by atoms with Gasteiger partial charge >= 0.3 is 0 Å². The summed E-state index contributed by atoms with van der Waals surface area (Å²) in [5.41, 5.74) is 6.80. The number of nitrogens with two attached hydrogens (primary N) is 1. The largest absolute Gasteiger partial charge is 0.325 e.